The van der Waals surface area contributed by atoms with Crippen molar-refractivity contribution < 1.29 is 22.7 Å². The minimum atomic E-state index is -3.67. The zero-order chi connectivity index (χ0) is 21.0. The van der Waals surface area contributed by atoms with Crippen LogP contribution in [0.4, 0.5) is 5.69 Å². The van der Waals surface area contributed by atoms with E-state index in [2.05, 4.69) is 15.5 Å². The van der Waals surface area contributed by atoms with E-state index in [1.54, 1.807) is 38.1 Å². The first-order valence-electron chi connectivity index (χ1n) is 9.28. The van der Waals surface area contributed by atoms with Gasteiger partial charge in [-0.05, 0) is 37.1 Å². The van der Waals surface area contributed by atoms with Crippen LogP contribution < -0.4 is 14.8 Å². The third-order valence-electron chi connectivity index (χ3n) is 4.62. The van der Waals surface area contributed by atoms with Crippen LogP contribution in [0, 0.1) is 6.92 Å². The number of carbonyl (C=O) groups is 1. The molecule has 29 heavy (non-hydrogen) atoms. The van der Waals surface area contributed by atoms with Crippen LogP contribution in [0.15, 0.2) is 35.2 Å². The van der Waals surface area contributed by atoms with E-state index < -0.39 is 10.0 Å². The summed E-state index contributed by atoms with van der Waals surface area (Å²) in [6.07, 6.45) is 0.597. The summed E-state index contributed by atoms with van der Waals surface area (Å²) in [5, 5.41) is 10.5. The molecule has 1 aromatic heterocycles. The molecule has 1 aliphatic heterocycles. The first-order valence-corrected chi connectivity index (χ1v) is 10.7. The zero-order valence-corrected chi connectivity index (χ0v) is 17.4. The Bertz CT molecular complexity index is 979. The van der Waals surface area contributed by atoms with Crippen molar-refractivity contribution in [2.24, 2.45) is 0 Å². The molecule has 0 bridgehead atoms. The average molecular weight is 420 g/mol. The number of carbonyl (C=O) groups excluding carboxylic acids is 1. The molecular weight excluding hydrogens is 396 g/mol. The fourth-order valence-corrected chi connectivity index (χ4v) is 4.76. The molecule has 1 fully saturated rings. The highest BCUT2D eigenvalue weighted by Crippen LogP contribution is 2.27. The van der Waals surface area contributed by atoms with E-state index in [0.717, 1.165) is 0 Å². The van der Waals surface area contributed by atoms with Crippen molar-refractivity contribution in [3.63, 3.8) is 0 Å². The second-order valence-corrected chi connectivity index (χ2v) is 8.59. The lowest BCUT2D eigenvalue weighted by Gasteiger charge is -2.19. The molecule has 156 valence electrons. The number of methoxy groups -OCH3 is 1. The van der Waals surface area contributed by atoms with E-state index in [0.29, 0.717) is 42.4 Å². The molecule has 1 aromatic carbocycles. The fraction of sp³-hybridized carbons (Fsp3) is 0.421. The van der Waals surface area contributed by atoms with Gasteiger partial charge in [-0.25, -0.2) is 8.42 Å². The van der Waals surface area contributed by atoms with Crippen molar-refractivity contribution >= 4 is 21.6 Å². The molecule has 1 atom stereocenters. The molecule has 10 heteroatoms. The highest BCUT2D eigenvalue weighted by Gasteiger charge is 2.34. The third kappa shape index (κ3) is 4.83. The van der Waals surface area contributed by atoms with Crippen LogP contribution in [0.25, 0.3) is 0 Å². The number of sulfonamides is 1. The molecule has 0 saturated carbocycles. The van der Waals surface area contributed by atoms with Crippen LogP contribution in [0.5, 0.6) is 11.8 Å². The normalized spacial score (nSPS) is 17.1. The van der Waals surface area contributed by atoms with Gasteiger partial charge in [0.1, 0.15) is 6.10 Å². The Balaban J connectivity index is 1.69. The fourth-order valence-electron chi connectivity index (χ4n) is 3.07. The van der Waals surface area contributed by atoms with Gasteiger partial charge in [-0.2, -0.15) is 4.31 Å². The largest absolute Gasteiger partial charge is 0.480 e. The Morgan fingerprint density at radius 2 is 1.97 bits per heavy atom. The summed E-state index contributed by atoms with van der Waals surface area (Å²) in [7, 11) is -2.17. The number of aryl methyl sites for hydroxylation is 1. The number of amides is 1. The van der Waals surface area contributed by atoms with Crippen molar-refractivity contribution in [1.29, 1.82) is 0 Å². The van der Waals surface area contributed by atoms with Gasteiger partial charge in [0.2, 0.25) is 27.7 Å². The molecule has 1 amide bonds. The number of nitrogens with one attached hydrogen (secondary N) is 1. The maximum Gasteiger partial charge on any atom is 0.243 e. The summed E-state index contributed by atoms with van der Waals surface area (Å²) in [4.78, 5) is 11.8. The molecule has 2 aromatic rings. The molecule has 2 heterocycles. The van der Waals surface area contributed by atoms with Crippen LogP contribution >= 0.6 is 0 Å². The standard InChI is InChI=1S/C19H24N4O5S/c1-4-17(24)20-14-5-6-16(13(2)11-14)29(25,26)23-10-9-15(12-23)28-19-8-7-18(27-3)21-22-19/h5-8,11,15H,4,9-10,12H2,1-3H3,(H,20,24). The van der Waals surface area contributed by atoms with Gasteiger partial charge in [0.15, 0.2) is 0 Å². The Labute approximate surface area is 170 Å². The summed E-state index contributed by atoms with van der Waals surface area (Å²) in [6.45, 7) is 4.05. The first kappa shape index (κ1) is 21.0. The van der Waals surface area contributed by atoms with Crippen LogP contribution in [0.1, 0.15) is 25.3 Å². The predicted octanol–water partition coefficient (Wildman–Crippen LogP) is 1.98. The predicted molar refractivity (Wildman–Crippen MR) is 106 cm³/mol. The minimum Gasteiger partial charge on any atom is -0.480 e. The van der Waals surface area contributed by atoms with Gasteiger partial charge in [-0.15, -0.1) is 10.2 Å². The Hall–Kier alpha value is -2.72. The summed E-state index contributed by atoms with van der Waals surface area (Å²) in [5.41, 5.74) is 1.15. The lowest BCUT2D eigenvalue weighted by Crippen LogP contribution is -2.31. The zero-order valence-electron chi connectivity index (χ0n) is 16.6. The third-order valence-corrected chi connectivity index (χ3v) is 6.64. The second kappa shape index (κ2) is 8.75. The molecule has 0 radical (unpaired) electrons. The number of benzene rings is 1. The number of hydrogen-bond acceptors (Lipinski definition) is 7. The molecule has 1 saturated heterocycles. The number of anilines is 1. The summed E-state index contributed by atoms with van der Waals surface area (Å²) >= 11 is 0. The topological polar surface area (TPSA) is 111 Å². The number of hydrogen-bond donors (Lipinski definition) is 1. The molecular formula is C19H24N4O5S. The first-order chi connectivity index (χ1) is 13.8. The number of nitrogens with zero attached hydrogens (tertiary/aromatic N) is 3. The Kier molecular flexibility index (Phi) is 6.33. The van der Waals surface area contributed by atoms with Gasteiger partial charge >= 0.3 is 0 Å². The molecule has 1 N–H and O–H groups in total. The van der Waals surface area contributed by atoms with Gasteiger partial charge < -0.3 is 14.8 Å². The van der Waals surface area contributed by atoms with E-state index >= 15 is 0 Å². The Morgan fingerprint density at radius 1 is 1.24 bits per heavy atom. The maximum atomic E-state index is 13.1. The molecule has 0 aliphatic carbocycles. The van der Waals surface area contributed by atoms with Crippen LogP contribution in [-0.4, -0.2) is 55.1 Å². The highest BCUT2D eigenvalue weighted by atomic mass is 32.2. The SMILES string of the molecule is CCC(=O)Nc1ccc(S(=O)(=O)N2CCC(Oc3ccc(OC)nn3)C2)c(C)c1. The highest BCUT2D eigenvalue weighted by molar-refractivity contribution is 7.89. The van der Waals surface area contributed by atoms with Crippen molar-refractivity contribution in [3.8, 4) is 11.8 Å². The van der Waals surface area contributed by atoms with Gasteiger partial charge in [-0.3, -0.25) is 4.79 Å². The van der Waals surface area contributed by atoms with E-state index in [1.165, 1.54) is 17.5 Å². The minimum absolute atomic E-state index is 0.124. The van der Waals surface area contributed by atoms with E-state index in [4.69, 9.17) is 9.47 Å². The van der Waals surface area contributed by atoms with Crippen molar-refractivity contribution in [2.45, 2.75) is 37.7 Å². The number of rotatable bonds is 7. The van der Waals surface area contributed by atoms with Crippen molar-refractivity contribution in [2.75, 3.05) is 25.5 Å². The smallest absolute Gasteiger partial charge is 0.243 e. The lowest BCUT2D eigenvalue weighted by molar-refractivity contribution is -0.115. The van der Waals surface area contributed by atoms with Crippen molar-refractivity contribution in [1.82, 2.24) is 14.5 Å². The number of aromatic nitrogens is 2. The number of ether oxygens (including phenoxy) is 2. The molecule has 9 nitrogen and oxygen atoms in total. The molecule has 1 aliphatic rings. The van der Waals surface area contributed by atoms with Crippen molar-refractivity contribution in [3.05, 3.63) is 35.9 Å². The second-order valence-electron chi connectivity index (χ2n) is 6.69. The quantitative estimate of drug-likeness (QED) is 0.729. The average Bonchev–Trinajstić information content (AvgIpc) is 3.17. The van der Waals surface area contributed by atoms with E-state index in [-0.39, 0.29) is 23.5 Å². The van der Waals surface area contributed by atoms with Gasteiger partial charge in [-0.1, -0.05) is 6.92 Å². The van der Waals surface area contributed by atoms with Gasteiger partial charge in [0.05, 0.1) is 18.6 Å². The van der Waals surface area contributed by atoms with E-state index in [9.17, 15) is 13.2 Å². The van der Waals surface area contributed by atoms with Gasteiger partial charge in [0, 0.05) is 30.8 Å². The Morgan fingerprint density at radius 3 is 2.59 bits per heavy atom. The summed E-state index contributed by atoms with van der Waals surface area (Å²) in [5.74, 6) is 0.574. The molecule has 1 unspecified atom stereocenters. The molecule has 0 spiro atoms. The molecule has 3 rings (SSSR count). The monoisotopic (exact) mass is 420 g/mol. The summed E-state index contributed by atoms with van der Waals surface area (Å²) < 4.78 is 38.2. The van der Waals surface area contributed by atoms with Gasteiger partial charge in [0.25, 0.3) is 0 Å². The van der Waals surface area contributed by atoms with Crippen LogP contribution in [0.3, 0.4) is 0 Å². The van der Waals surface area contributed by atoms with Crippen LogP contribution in [-0.2, 0) is 14.8 Å². The van der Waals surface area contributed by atoms with Crippen LogP contribution in [0.2, 0.25) is 0 Å². The lowest BCUT2D eigenvalue weighted by atomic mass is 10.2. The van der Waals surface area contributed by atoms with E-state index in [1.807, 2.05) is 0 Å². The maximum absolute atomic E-state index is 13.1. The summed E-state index contributed by atoms with van der Waals surface area (Å²) in [6, 6.07) is 8.06.